The van der Waals surface area contributed by atoms with Crippen LogP contribution in [0.15, 0.2) is 11.6 Å². The highest BCUT2D eigenvalue weighted by Gasteiger charge is 2.73. The highest BCUT2D eigenvalue weighted by Crippen LogP contribution is 2.76. The molecule has 6 fully saturated rings. The number of esters is 1. The molecule has 0 amide bonds. The second kappa shape index (κ2) is 11.8. The fourth-order valence-electron chi connectivity index (χ4n) is 13.4. The molecule has 2 saturated heterocycles. The Morgan fingerprint density at radius 2 is 1.71 bits per heavy atom. The average molecular weight is 691 g/mol. The first-order valence-electron chi connectivity index (χ1n) is 18.5. The van der Waals surface area contributed by atoms with Gasteiger partial charge in [0.25, 0.3) is 0 Å². The molecular formula is C38H58O11. The number of carbonyl (C=O) groups is 2. The molecule has 0 aromatic rings. The largest absolute Gasteiger partial charge is 0.460 e. The highest BCUT2D eigenvalue weighted by molar-refractivity contribution is 5.88. The van der Waals surface area contributed by atoms with Crippen LogP contribution in [0.5, 0.6) is 0 Å². The van der Waals surface area contributed by atoms with Crippen molar-refractivity contribution in [2.45, 2.75) is 143 Å². The third-order valence-corrected chi connectivity index (χ3v) is 15.8. The Bertz CT molecular complexity index is 1380. The van der Waals surface area contributed by atoms with Crippen LogP contribution >= 0.6 is 0 Å². The number of ketones is 1. The number of rotatable bonds is 4. The van der Waals surface area contributed by atoms with Crippen molar-refractivity contribution in [3.8, 4) is 0 Å². The molecule has 2 heterocycles. The van der Waals surface area contributed by atoms with Crippen molar-refractivity contribution in [1.82, 2.24) is 0 Å². The number of ether oxygens (including phenoxy) is 4. The first kappa shape index (κ1) is 35.9. The van der Waals surface area contributed by atoms with Crippen molar-refractivity contribution in [1.29, 1.82) is 0 Å². The maximum Gasteiger partial charge on any atom is 0.302 e. The maximum atomic E-state index is 14.0. The summed E-state index contributed by atoms with van der Waals surface area (Å²) in [5.74, 6) is 0.0984. The molecule has 11 heteroatoms. The van der Waals surface area contributed by atoms with Gasteiger partial charge in [0.05, 0.1) is 13.2 Å². The monoisotopic (exact) mass is 690 g/mol. The quantitative estimate of drug-likeness (QED) is 0.167. The van der Waals surface area contributed by atoms with Crippen LogP contribution in [-0.2, 0) is 28.5 Å². The topological polar surface area (TPSA) is 172 Å². The molecule has 11 nitrogen and oxygen atoms in total. The van der Waals surface area contributed by atoms with Gasteiger partial charge in [-0.15, -0.1) is 0 Å². The van der Waals surface area contributed by atoms with Gasteiger partial charge in [-0.1, -0.05) is 53.2 Å². The second-order valence-corrected chi connectivity index (χ2v) is 18.2. The Morgan fingerprint density at radius 3 is 2.39 bits per heavy atom. The summed E-state index contributed by atoms with van der Waals surface area (Å²) in [7, 11) is 0. The molecule has 17 unspecified atom stereocenters. The minimum absolute atomic E-state index is 0.113. The Morgan fingerprint density at radius 1 is 1.00 bits per heavy atom. The second-order valence-electron chi connectivity index (χ2n) is 18.2. The molecule has 0 bridgehead atoms. The molecule has 1 spiro atoms. The summed E-state index contributed by atoms with van der Waals surface area (Å²) >= 11 is 0. The van der Waals surface area contributed by atoms with Crippen LogP contribution in [0.4, 0.5) is 0 Å². The number of hydrogen-bond acceptors (Lipinski definition) is 11. The van der Waals surface area contributed by atoms with Crippen LogP contribution in [0.25, 0.3) is 0 Å². The predicted molar refractivity (Wildman–Crippen MR) is 175 cm³/mol. The summed E-state index contributed by atoms with van der Waals surface area (Å²) in [4.78, 5) is 26.6. The van der Waals surface area contributed by atoms with Crippen LogP contribution in [-0.4, -0.2) is 99.7 Å². The number of aliphatic hydroxyl groups is 5. The van der Waals surface area contributed by atoms with E-state index >= 15 is 0 Å². The SMILES string of the molecule is CC(=O)OC1CC2(C)C(CCC3(C)C2CC=C2C4C(=O)CC5C(C)COC(O)C45CCC23C)C(C)(C)C1OC1OC(CO)C(O)C(O)C1O. The Kier molecular flexibility index (Phi) is 8.64. The van der Waals surface area contributed by atoms with Crippen molar-refractivity contribution in [2.75, 3.05) is 13.2 Å². The van der Waals surface area contributed by atoms with E-state index in [4.69, 9.17) is 18.9 Å². The van der Waals surface area contributed by atoms with Crippen molar-refractivity contribution in [3.05, 3.63) is 11.6 Å². The van der Waals surface area contributed by atoms with Crippen LogP contribution in [0.2, 0.25) is 0 Å². The van der Waals surface area contributed by atoms with Gasteiger partial charge in [-0.2, -0.15) is 0 Å². The zero-order valence-electron chi connectivity index (χ0n) is 30.1. The molecule has 5 aliphatic carbocycles. The number of hydrogen-bond donors (Lipinski definition) is 5. The number of carbonyl (C=O) groups excluding carboxylic acids is 2. The van der Waals surface area contributed by atoms with Gasteiger partial charge in [-0.05, 0) is 83.9 Å². The molecule has 0 aromatic heterocycles. The lowest BCUT2D eigenvalue weighted by atomic mass is 9.34. The highest BCUT2D eigenvalue weighted by atomic mass is 16.7. The third kappa shape index (κ3) is 4.75. The van der Waals surface area contributed by atoms with Gasteiger partial charge >= 0.3 is 5.97 Å². The minimum Gasteiger partial charge on any atom is -0.460 e. The van der Waals surface area contributed by atoms with E-state index in [0.717, 1.165) is 32.1 Å². The molecule has 276 valence electrons. The molecule has 2 aliphatic heterocycles. The lowest BCUT2D eigenvalue weighted by Gasteiger charge is -2.71. The average Bonchev–Trinajstić information content (AvgIpc) is 3.35. The van der Waals surface area contributed by atoms with Crippen LogP contribution in [0.3, 0.4) is 0 Å². The van der Waals surface area contributed by atoms with E-state index in [-0.39, 0.29) is 51.6 Å². The van der Waals surface area contributed by atoms with E-state index in [2.05, 4.69) is 47.6 Å². The van der Waals surface area contributed by atoms with E-state index in [9.17, 15) is 35.1 Å². The first-order valence-corrected chi connectivity index (χ1v) is 18.5. The number of fused-ring (bicyclic) bond motifs is 6. The van der Waals surface area contributed by atoms with Gasteiger partial charge in [0.15, 0.2) is 12.6 Å². The number of aliphatic hydroxyl groups excluding tert-OH is 5. The molecule has 7 aliphatic rings. The molecule has 49 heavy (non-hydrogen) atoms. The minimum atomic E-state index is -1.58. The van der Waals surface area contributed by atoms with E-state index in [1.807, 2.05) is 0 Å². The van der Waals surface area contributed by atoms with Crippen molar-refractivity contribution < 1.29 is 54.1 Å². The fourth-order valence-corrected chi connectivity index (χ4v) is 13.4. The van der Waals surface area contributed by atoms with Crippen molar-refractivity contribution in [2.24, 2.45) is 56.7 Å². The van der Waals surface area contributed by atoms with Gasteiger partial charge < -0.3 is 44.5 Å². The molecule has 0 aromatic carbocycles. The van der Waals surface area contributed by atoms with E-state index in [1.54, 1.807) is 0 Å². The Labute approximate surface area is 289 Å². The molecular weight excluding hydrogens is 632 g/mol. The van der Waals surface area contributed by atoms with Crippen LogP contribution in [0, 0.1) is 56.7 Å². The standard InChI is InChI=1S/C38H58O11/c1-18-17-46-33(45)38-13-12-36(6)20(27(38)22(41)14-21(18)38)8-9-26-35(5)15-23(47-19(2)40)31(34(3,4)25(35)10-11-37(26,36)7)49-32-30(44)29(43)28(42)24(16-39)48-32/h8,18,21,23-33,39,42-45H,9-17H2,1-7H3. The van der Waals surface area contributed by atoms with E-state index in [1.165, 1.54) is 12.5 Å². The lowest BCUT2D eigenvalue weighted by molar-refractivity contribution is -0.342. The summed E-state index contributed by atoms with van der Waals surface area (Å²) < 4.78 is 24.3. The normalized spacial score (nSPS) is 54.8. The smallest absolute Gasteiger partial charge is 0.302 e. The van der Waals surface area contributed by atoms with Gasteiger partial charge in [0.2, 0.25) is 0 Å². The summed E-state index contributed by atoms with van der Waals surface area (Å²) in [6, 6.07) is 0. The maximum absolute atomic E-state index is 14.0. The van der Waals surface area contributed by atoms with Crippen LogP contribution in [0.1, 0.15) is 93.4 Å². The molecule has 17 atom stereocenters. The molecule has 7 rings (SSSR count). The molecule has 4 saturated carbocycles. The van der Waals surface area contributed by atoms with Gasteiger partial charge in [0.1, 0.15) is 42.4 Å². The lowest BCUT2D eigenvalue weighted by Crippen LogP contribution is -2.69. The summed E-state index contributed by atoms with van der Waals surface area (Å²) in [6.07, 6.45) is -1.96. The van der Waals surface area contributed by atoms with E-state index in [0.29, 0.717) is 19.4 Å². The number of allylic oxidation sites excluding steroid dienone is 2. The first-order chi connectivity index (χ1) is 22.9. The van der Waals surface area contributed by atoms with Crippen LogP contribution < -0.4 is 0 Å². The molecule has 5 N–H and O–H groups in total. The van der Waals surface area contributed by atoms with Gasteiger partial charge in [0, 0.05) is 24.7 Å². The van der Waals surface area contributed by atoms with Gasteiger partial charge in [-0.25, -0.2) is 0 Å². The third-order valence-electron chi connectivity index (χ3n) is 15.8. The number of Topliss-reactive ketones (excluding diaryl/α,β-unsaturated/α-hetero) is 1. The van der Waals surface area contributed by atoms with Crippen molar-refractivity contribution in [3.63, 3.8) is 0 Å². The fraction of sp³-hybridized carbons (Fsp3) is 0.895. The van der Waals surface area contributed by atoms with E-state index < -0.39 is 72.6 Å². The van der Waals surface area contributed by atoms with Crippen molar-refractivity contribution >= 4 is 11.8 Å². The Balaban J connectivity index is 1.24. The summed E-state index contributed by atoms with van der Waals surface area (Å²) in [5, 5.41) is 53.0. The zero-order chi connectivity index (χ0) is 35.6. The molecule has 0 radical (unpaired) electrons. The zero-order valence-corrected chi connectivity index (χ0v) is 30.1. The Hall–Kier alpha value is -1.44. The predicted octanol–water partition coefficient (Wildman–Crippen LogP) is 2.88. The van der Waals surface area contributed by atoms with Gasteiger partial charge in [-0.3, -0.25) is 9.59 Å². The summed E-state index contributed by atoms with van der Waals surface area (Å²) in [5.41, 5.74) is -0.697. The summed E-state index contributed by atoms with van der Waals surface area (Å²) in [6.45, 7) is 14.7.